The van der Waals surface area contributed by atoms with Gasteiger partial charge in [0.1, 0.15) is 31.0 Å². The van der Waals surface area contributed by atoms with Crippen molar-refractivity contribution in [2.75, 3.05) is 19.8 Å². The molecule has 0 aromatic carbocycles. The largest absolute Gasteiger partial charge is 0.462 e. The number of esters is 2. The molecule has 0 spiro atoms. The van der Waals surface area contributed by atoms with Crippen molar-refractivity contribution >= 4 is 11.9 Å². The van der Waals surface area contributed by atoms with Crippen molar-refractivity contribution in [3.63, 3.8) is 0 Å². The van der Waals surface area contributed by atoms with Crippen molar-refractivity contribution in [2.45, 2.75) is 205 Å². The third kappa shape index (κ3) is 24.9. The van der Waals surface area contributed by atoms with Crippen LogP contribution in [0.5, 0.6) is 0 Å². The molecule has 4 N–H and O–H groups in total. The molecule has 1 heterocycles. The molecule has 10 nitrogen and oxygen atoms in total. The Bertz CT molecular complexity index is 892. The van der Waals surface area contributed by atoms with Gasteiger partial charge in [0.2, 0.25) is 0 Å². The van der Waals surface area contributed by atoms with Gasteiger partial charge in [-0.15, -0.1) is 0 Å². The van der Waals surface area contributed by atoms with Gasteiger partial charge >= 0.3 is 11.9 Å². The van der Waals surface area contributed by atoms with E-state index >= 15 is 0 Å². The number of carbonyl (C=O) groups excluding carboxylic acids is 2. The Morgan fingerprint density at radius 3 is 1.67 bits per heavy atom. The van der Waals surface area contributed by atoms with E-state index in [1.807, 2.05) is 6.92 Å². The van der Waals surface area contributed by atoms with Crippen molar-refractivity contribution in [2.24, 2.45) is 0 Å². The Balaban J connectivity index is 2.16. The zero-order valence-electron chi connectivity index (χ0n) is 32.1. The van der Waals surface area contributed by atoms with Crippen molar-refractivity contribution in [3.05, 3.63) is 24.3 Å². The number of rotatable bonds is 33. The molecule has 10 heteroatoms. The molecular formula is C41H74O10. The lowest BCUT2D eigenvalue weighted by molar-refractivity contribution is -0.305. The highest BCUT2D eigenvalue weighted by atomic mass is 16.7. The van der Waals surface area contributed by atoms with Crippen molar-refractivity contribution in [3.8, 4) is 0 Å². The average molecular weight is 727 g/mol. The summed E-state index contributed by atoms with van der Waals surface area (Å²) in [4.78, 5) is 24.8. The van der Waals surface area contributed by atoms with E-state index in [-0.39, 0.29) is 26.1 Å². The maximum absolute atomic E-state index is 12.6. The lowest BCUT2D eigenvalue weighted by atomic mass is 9.99. The molecule has 1 saturated heterocycles. The van der Waals surface area contributed by atoms with Crippen LogP contribution in [0.1, 0.15) is 168 Å². The molecule has 0 saturated carbocycles. The SMILES string of the molecule is CCCCCCC/C=C\C/C=C\CCCCCCCCCCCCCC(=O)OC(COC(=O)CCCCC)COC1OC(CO)C(O)C(O)C1O. The molecule has 298 valence electrons. The Morgan fingerprint density at radius 2 is 1.10 bits per heavy atom. The van der Waals surface area contributed by atoms with E-state index in [1.165, 1.54) is 89.9 Å². The van der Waals surface area contributed by atoms with Gasteiger partial charge in [0, 0.05) is 12.8 Å². The third-order valence-electron chi connectivity index (χ3n) is 9.34. The second-order valence-corrected chi connectivity index (χ2v) is 14.1. The van der Waals surface area contributed by atoms with Gasteiger partial charge in [-0.1, -0.05) is 134 Å². The summed E-state index contributed by atoms with van der Waals surface area (Å²) in [6, 6.07) is 0. The summed E-state index contributed by atoms with van der Waals surface area (Å²) in [5, 5.41) is 39.7. The summed E-state index contributed by atoms with van der Waals surface area (Å²) < 4.78 is 21.8. The van der Waals surface area contributed by atoms with Crippen LogP contribution in [0, 0.1) is 0 Å². The van der Waals surface area contributed by atoms with E-state index in [0.717, 1.165) is 38.5 Å². The monoisotopic (exact) mass is 727 g/mol. The van der Waals surface area contributed by atoms with E-state index < -0.39 is 55.4 Å². The topological polar surface area (TPSA) is 152 Å². The highest BCUT2D eigenvalue weighted by Crippen LogP contribution is 2.22. The number of aliphatic hydroxyl groups excluding tert-OH is 4. The molecule has 1 rings (SSSR count). The molecule has 0 bridgehead atoms. The molecule has 1 fully saturated rings. The predicted octanol–water partition coefficient (Wildman–Crippen LogP) is 7.77. The normalized spacial score (nSPS) is 21.4. The van der Waals surface area contributed by atoms with Crippen LogP contribution in [0.15, 0.2) is 24.3 Å². The summed E-state index contributed by atoms with van der Waals surface area (Å²) in [5.74, 6) is -0.835. The molecule has 6 unspecified atom stereocenters. The number of aliphatic hydroxyl groups is 4. The summed E-state index contributed by atoms with van der Waals surface area (Å²) in [7, 11) is 0. The fourth-order valence-electron chi connectivity index (χ4n) is 6.04. The lowest BCUT2D eigenvalue weighted by Gasteiger charge is -2.39. The van der Waals surface area contributed by atoms with E-state index in [2.05, 4.69) is 31.2 Å². The maximum Gasteiger partial charge on any atom is 0.306 e. The van der Waals surface area contributed by atoms with Crippen LogP contribution in [-0.4, -0.2) is 89.0 Å². The minimum atomic E-state index is -1.59. The Kier molecular flexibility index (Phi) is 30.4. The van der Waals surface area contributed by atoms with Crippen LogP contribution in [0.3, 0.4) is 0 Å². The molecular weight excluding hydrogens is 652 g/mol. The smallest absolute Gasteiger partial charge is 0.306 e. The summed E-state index contributed by atoms with van der Waals surface area (Å²) in [5.41, 5.74) is 0. The van der Waals surface area contributed by atoms with E-state index in [1.54, 1.807) is 0 Å². The zero-order chi connectivity index (χ0) is 37.4. The molecule has 6 atom stereocenters. The molecule has 0 aromatic rings. The highest BCUT2D eigenvalue weighted by Gasteiger charge is 2.44. The summed E-state index contributed by atoms with van der Waals surface area (Å²) in [6.45, 7) is 3.22. The number of carbonyl (C=O) groups is 2. The van der Waals surface area contributed by atoms with Crippen LogP contribution >= 0.6 is 0 Å². The fraction of sp³-hybridized carbons (Fsp3) is 0.854. The molecule has 0 radical (unpaired) electrons. The van der Waals surface area contributed by atoms with Crippen molar-refractivity contribution in [1.82, 2.24) is 0 Å². The van der Waals surface area contributed by atoms with Gasteiger partial charge in [0.25, 0.3) is 0 Å². The first-order valence-corrected chi connectivity index (χ1v) is 20.4. The van der Waals surface area contributed by atoms with E-state index in [4.69, 9.17) is 18.9 Å². The van der Waals surface area contributed by atoms with Gasteiger partial charge in [-0.05, 0) is 44.9 Å². The summed E-state index contributed by atoms with van der Waals surface area (Å²) in [6.07, 6.45) is 27.2. The Morgan fingerprint density at radius 1 is 0.608 bits per heavy atom. The first kappa shape index (κ1) is 47.2. The van der Waals surface area contributed by atoms with Crippen molar-refractivity contribution in [1.29, 1.82) is 0 Å². The van der Waals surface area contributed by atoms with Crippen LogP contribution in [0.2, 0.25) is 0 Å². The minimum absolute atomic E-state index is 0.220. The fourth-order valence-corrected chi connectivity index (χ4v) is 6.04. The number of allylic oxidation sites excluding steroid dienone is 4. The average Bonchev–Trinajstić information content (AvgIpc) is 3.12. The first-order valence-electron chi connectivity index (χ1n) is 20.4. The standard InChI is InChI=1S/C41H74O10/c1-3-5-7-8-9-10-11-12-13-14-15-16-17-18-19-20-21-22-23-24-25-26-28-30-37(44)50-34(32-48-36(43)29-27-6-4-2)33-49-41-40(47)39(46)38(45)35(31-42)51-41/h11-12,14-15,34-35,38-42,45-47H,3-10,13,16-33H2,1-2H3/b12-11-,15-14-. The van der Waals surface area contributed by atoms with Crippen LogP contribution in [0.4, 0.5) is 0 Å². The maximum atomic E-state index is 12.6. The molecule has 1 aliphatic rings. The Labute approximate surface area is 309 Å². The van der Waals surface area contributed by atoms with E-state index in [9.17, 15) is 30.0 Å². The molecule has 0 aliphatic carbocycles. The van der Waals surface area contributed by atoms with Gasteiger partial charge in [-0.3, -0.25) is 9.59 Å². The van der Waals surface area contributed by atoms with Crippen LogP contribution in [0.25, 0.3) is 0 Å². The van der Waals surface area contributed by atoms with Gasteiger partial charge < -0.3 is 39.4 Å². The van der Waals surface area contributed by atoms with Gasteiger partial charge in [0.05, 0.1) is 13.2 Å². The minimum Gasteiger partial charge on any atom is -0.462 e. The second-order valence-electron chi connectivity index (χ2n) is 14.1. The number of hydrogen-bond acceptors (Lipinski definition) is 10. The summed E-state index contributed by atoms with van der Waals surface area (Å²) >= 11 is 0. The predicted molar refractivity (Wildman–Crippen MR) is 201 cm³/mol. The van der Waals surface area contributed by atoms with Crippen molar-refractivity contribution < 1.29 is 49.0 Å². The highest BCUT2D eigenvalue weighted by molar-refractivity contribution is 5.70. The molecule has 1 aliphatic heterocycles. The quantitative estimate of drug-likeness (QED) is 0.0300. The molecule has 51 heavy (non-hydrogen) atoms. The third-order valence-corrected chi connectivity index (χ3v) is 9.34. The number of ether oxygens (including phenoxy) is 4. The van der Waals surface area contributed by atoms with Crippen LogP contribution < -0.4 is 0 Å². The van der Waals surface area contributed by atoms with Gasteiger partial charge in [0.15, 0.2) is 12.4 Å². The van der Waals surface area contributed by atoms with Gasteiger partial charge in [-0.2, -0.15) is 0 Å². The molecule has 0 aromatic heterocycles. The second kappa shape index (κ2) is 32.8. The van der Waals surface area contributed by atoms with Gasteiger partial charge in [-0.25, -0.2) is 0 Å². The number of unbranched alkanes of at least 4 members (excludes halogenated alkanes) is 18. The molecule has 0 amide bonds. The zero-order valence-corrected chi connectivity index (χ0v) is 32.1. The first-order chi connectivity index (χ1) is 24.8. The van der Waals surface area contributed by atoms with E-state index in [0.29, 0.717) is 12.8 Å². The van der Waals surface area contributed by atoms with Crippen LogP contribution in [-0.2, 0) is 28.5 Å². The lowest BCUT2D eigenvalue weighted by Crippen LogP contribution is -2.59. The Hall–Kier alpha value is -1.82. The number of hydrogen-bond donors (Lipinski definition) is 4.